The lowest BCUT2D eigenvalue weighted by Gasteiger charge is -1.98. The maximum absolute atomic E-state index is 11.0. The highest BCUT2D eigenvalue weighted by Crippen LogP contribution is 2.26. The van der Waals surface area contributed by atoms with Crippen LogP contribution in [0.1, 0.15) is 16.8 Å². The first kappa shape index (κ1) is 13.9. The van der Waals surface area contributed by atoms with Crippen LogP contribution >= 0.6 is 0 Å². The van der Waals surface area contributed by atoms with Gasteiger partial charge in [-0.3, -0.25) is 15.2 Å². The van der Waals surface area contributed by atoms with Gasteiger partial charge in [0.05, 0.1) is 15.9 Å². The van der Waals surface area contributed by atoms with Crippen molar-refractivity contribution in [1.29, 1.82) is 0 Å². The highest BCUT2D eigenvalue weighted by molar-refractivity contribution is 5.93. The molecule has 3 rings (SSSR count). The molecule has 7 nitrogen and oxygen atoms in total. The number of nitrogens with one attached hydrogen (secondary N) is 1. The van der Waals surface area contributed by atoms with Gasteiger partial charge in [-0.1, -0.05) is 12.1 Å². The van der Waals surface area contributed by atoms with Crippen LogP contribution in [0.2, 0.25) is 0 Å². The summed E-state index contributed by atoms with van der Waals surface area (Å²) in [6, 6.07) is 8.39. The molecule has 110 valence electrons. The molecule has 0 saturated heterocycles. The van der Waals surface area contributed by atoms with Crippen molar-refractivity contribution in [2.24, 2.45) is 4.99 Å². The third-order valence-corrected chi connectivity index (χ3v) is 3.30. The van der Waals surface area contributed by atoms with Crippen LogP contribution in [0.5, 0.6) is 0 Å². The first-order valence-electron chi connectivity index (χ1n) is 6.66. The number of para-hydroxylation sites is 1. The molecule has 0 spiro atoms. The van der Waals surface area contributed by atoms with Crippen LogP contribution in [0, 0.1) is 24.0 Å². The van der Waals surface area contributed by atoms with Gasteiger partial charge in [0.1, 0.15) is 0 Å². The van der Waals surface area contributed by atoms with Gasteiger partial charge in [0, 0.05) is 18.0 Å². The summed E-state index contributed by atoms with van der Waals surface area (Å²) in [5.74, 6) is 0.471. The summed E-state index contributed by atoms with van der Waals surface area (Å²) in [5, 5.41) is 18.8. The fraction of sp³-hybridized carbons (Fsp3) is 0.133. The van der Waals surface area contributed by atoms with Crippen molar-refractivity contribution in [2.75, 3.05) is 0 Å². The van der Waals surface area contributed by atoms with Gasteiger partial charge < -0.3 is 0 Å². The Morgan fingerprint density at radius 3 is 2.86 bits per heavy atom. The summed E-state index contributed by atoms with van der Waals surface area (Å²) in [5.41, 5.74) is 3.00. The first-order chi connectivity index (χ1) is 10.6. The number of aromatic nitrogens is 3. The van der Waals surface area contributed by atoms with Crippen molar-refractivity contribution in [3.63, 3.8) is 0 Å². The summed E-state index contributed by atoms with van der Waals surface area (Å²) in [7, 11) is 0. The van der Waals surface area contributed by atoms with E-state index in [9.17, 15) is 10.1 Å². The van der Waals surface area contributed by atoms with Gasteiger partial charge in [-0.05, 0) is 31.5 Å². The second-order valence-electron chi connectivity index (χ2n) is 4.93. The largest absolute Gasteiger partial charge is 0.278 e. The molecule has 0 saturated carbocycles. The van der Waals surface area contributed by atoms with Crippen molar-refractivity contribution in [3.8, 4) is 0 Å². The smallest absolute Gasteiger partial charge is 0.259 e. The van der Waals surface area contributed by atoms with Crippen LogP contribution in [0.3, 0.4) is 0 Å². The Morgan fingerprint density at radius 2 is 2.09 bits per heavy atom. The average molecular weight is 295 g/mol. The van der Waals surface area contributed by atoms with E-state index >= 15 is 0 Å². The average Bonchev–Trinajstić information content (AvgIpc) is 2.88. The molecule has 1 N–H and O–H groups in total. The third-order valence-electron chi connectivity index (χ3n) is 3.30. The SMILES string of the molecule is Cc1cc(C)c2c(N=Cc3ccccc3[N+](=O)[O-])n[nH]c2n1. The lowest BCUT2D eigenvalue weighted by atomic mass is 10.2. The van der Waals surface area contributed by atoms with Crippen molar-refractivity contribution in [2.45, 2.75) is 13.8 Å². The van der Waals surface area contributed by atoms with Crippen LogP contribution < -0.4 is 0 Å². The van der Waals surface area contributed by atoms with E-state index in [-0.39, 0.29) is 5.69 Å². The second-order valence-corrected chi connectivity index (χ2v) is 4.93. The zero-order chi connectivity index (χ0) is 15.7. The number of rotatable bonds is 3. The number of pyridine rings is 1. The van der Waals surface area contributed by atoms with E-state index in [1.165, 1.54) is 12.3 Å². The standard InChI is InChI=1S/C15H13N5O2/c1-9-7-10(2)17-15-13(9)14(18-19-15)16-8-11-5-3-4-6-12(11)20(21)22/h3-8H,1-2H3,(H,17,18,19). The molecule has 7 heteroatoms. The molecule has 0 aliphatic heterocycles. The Balaban J connectivity index is 2.06. The zero-order valence-corrected chi connectivity index (χ0v) is 12.1. The second kappa shape index (κ2) is 5.36. The number of aryl methyl sites for hydroxylation is 2. The molecule has 2 heterocycles. The molecule has 0 bridgehead atoms. The van der Waals surface area contributed by atoms with Gasteiger partial charge in [0.15, 0.2) is 11.5 Å². The van der Waals surface area contributed by atoms with E-state index in [0.717, 1.165) is 16.6 Å². The number of benzene rings is 1. The van der Waals surface area contributed by atoms with Gasteiger partial charge in [-0.2, -0.15) is 5.10 Å². The third kappa shape index (κ3) is 2.44. The molecule has 0 fully saturated rings. The number of fused-ring (bicyclic) bond motifs is 1. The van der Waals surface area contributed by atoms with E-state index in [1.54, 1.807) is 18.2 Å². The molecule has 3 aromatic rings. The van der Waals surface area contributed by atoms with Gasteiger partial charge in [0.2, 0.25) is 0 Å². The van der Waals surface area contributed by atoms with E-state index in [4.69, 9.17) is 0 Å². The Bertz CT molecular complexity index is 898. The molecule has 0 aliphatic rings. The maximum Gasteiger partial charge on any atom is 0.278 e. The molecule has 0 amide bonds. The molecular formula is C15H13N5O2. The van der Waals surface area contributed by atoms with Gasteiger partial charge in [0.25, 0.3) is 5.69 Å². The molecule has 22 heavy (non-hydrogen) atoms. The molecular weight excluding hydrogens is 282 g/mol. The number of nitro benzene ring substituents is 1. The lowest BCUT2D eigenvalue weighted by Crippen LogP contribution is -1.93. The molecule has 0 atom stereocenters. The number of hydrogen-bond donors (Lipinski definition) is 1. The molecule has 1 aromatic carbocycles. The quantitative estimate of drug-likeness (QED) is 0.455. The molecule has 0 aliphatic carbocycles. The molecule has 0 unspecified atom stereocenters. The predicted octanol–water partition coefficient (Wildman–Crippen LogP) is 3.23. The van der Waals surface area contributed by atoms with Gasteiger partial charge in [-0.25, -0.2) is 9.98 Å². The Kier molecular flexibility index (Phi) is 3.38. The minimum Gasteiger partial charge on any atom is -0.259 e. The summed E-state index contributed by atoms with van der Waals surface area (Å²) >= 11 is 0. The van der Waals surface area contributed by atoms with Crippen LogP contribution in [0.15, 0.2) is 35.3 Å². The van der Waals surface area contributed by atoms with Crippen molar-refractivity contribution < 1.29 is 4.92 Å². The summed E-state index contributed by atoms with van der Waals surface area (Å²) in [6.45, 7) is 3.86. The maximum atomic E-state index is 11.0. The van der Waals surface area contributed by atoms with Gasteiger partial charge >= 0.3 is 0 Å². The van der Waals surface area contributed by atoms with Crippen molar-refractivity contribution >= 4 is 28.8 Å². The Labute approximate surface area is 125 Å². The van der Waals surface area contributed by atoms with E-state index in [2.05, 4.69) is 20.2 Å². The minimum atomic E-state index is -0.430. The Morgan fingerprint density at radius 1 is 1.32 bits per heavy atom. The Hall–Kier alpha value is -3.09. The number of aliphatic imine (C=N–C) groups is 1. The van der Waals surface area contributed by atoms with Crippen molar-refractivity contribution in [1.82, 2.24) is 15.2 Å². The molecule has 2 aromatic heterocycles. The predicted molar refractivity (Wildman–Crippen MR) is 83.7 cm³/mol. The fourth-order valence-electron chi connectivity index (χ4n) is 2.35. The highest BCUT2D eigenvalue weighted by atomic mass is 16.6. The number of nitrogens with zero attached hydrogens (tertiary/aromatic N) is 4. The van der Waals surface area contributed by atoms with Crippen LogP contribution in [0.4, 0.5) is 11.5 Å². The number of H-pyrrole nitrogens is 1. The summed E-state index contributed by atoms with van der Waals surface area (Å²) in [6.07, 6.45) is 1.45. The van der Waals surface area contributed by atoms with E-state index in [1.807, 2.05) is 19.9 Å². The lowest BCUT2D eigenvalue weighted by molar-refractivity contribution is -0.385. The van der Waals surface area contributed by atoms with Crippen molar-refractivity contribution in [3.05, 3.63) is 57.3 Å². The number of hydrogen-bond acceptors (Lipinski definition) is 5. The molecule has 0 radical (unpaired) electrons. The van der Waals surface area contributed by atoms with Crippen LogP contribution in [-0.2, 0) is 0 Å². The minimum absolute atomic E-state index is 0.0109. The van der Waals surface area contributed by atoms with Gasteiger partial charge in [-0.15, -0.1) is 0 Å². The van der Waals surface area contributed by atoms with Crippen LogP contribution in [0.25, 0.3) is 11.0 Å². The van der Waals surface area contributed by atoms with Crippen LogP contribution in [-0.4, -0.2) is 26.3 Å². The number of aromatic amines is 1. The van der Waals surface area contributed by atoms with E-state index < -0.39 is 4.92 Å². The first-order valence-corrected chi connectivity index (χ1v) is 6.66. The van der Waals surface area contributed by atoms with E-state index in [0.29, 0.717) is 17.0 Å². The fourth-order valence-corrected chi connectivity index (χ4v) is 2.35. The number of nitro groups is 1. The normalized spacial score (nSPS) is 11.4. The highest BCUT2D eigenvalue weighted by Gasteiger charge is 2.12. The monoisotopic (exact) mass is 295 g/mol. The topological polar surface area (TPSA) is 97.1 Å². The zero-order valence-electron chi connectivity index (χ0n) is 12.1. The summed E-state index contributed by atoms with van der Waals surface area (Å²) < 4.78 is 0. The summed E-state index contributed by atoms with van der Waals surface area (Å²) in [4.78, 5) is 19.2.